The van der Waals surface area contributed by atoms with Gasteiger partial charge < -0.3 is 10.6 Å². The summed E-state index contributed by atoms with van der Waals surface area (Å²) in [5.74, 6) is 0.817. The molecular formula is C10H19IN4S. The molecule has 4 nitrogen and oxygen atoms in total. The molecule has 0 unspecified atom stereocenters. The van der Waals surface area contributed by atoms with Crippen molar-refractivity contribution in [1.82, 2.24) is 15.6 Å². The topological polar surface area (TPSA) is 49.3 Å². The Balaban J connectivity index is 0.00000225. The van der Waals surface area contributed by atoms with Crippen LogP contribution in [0.2, 0.25) is 0 Å². The SMILES string of the molecule is CN=C(NCc1nc(C)cs1)NC(C)C.I. The van der Waals surface area contributed by atoms with E-state index in [1.165, 1.54) is 0 Å². The Morgan fingerprint density at radius 2 is 2.25 bits per heavy atom. The molecule has 0 radical (unpaired) electrons. The Kier molecular flexibility index (Phi) is 7.65. The van der Waals surface area contributed by atoms with E-state index in [1.54, 1.807) is 18.4 Å². The highest BCUT2D eigenvalue weighted by Crippen LogP contribution is 2.07. The summed E-state index contributed by atoms with van der Waals surface area (Å²) in [5, 5.41) is 9.57. The Morgan fingerprint density at radius 3 is 2.69 bits per heavy atom. The Hall–Kier alpha value is -0.370. The van der Waals surface area contributed by atoms with E-state index in [4.69, 9.17) is 0 Å². The van der Waals surface area contributed by atoms with Crippen molar-refractivity contribution >= 4 is 41.3 Å². The number of rotatable bonds is 3. The van der Waals surface area contributed by atoms with Crippen LogP contribution in [0.25, 0.3) is 0 Å². The molecule has 2 N–H and O–H groups in total. The number of aryl methyl sites for hydroxylation is 1. The highest BCUT2D eigenvalue weighted by Gasteiger charge is 2.02. The quantitative estimate of drug-likeness (QED) is 0.497. The van der Waals surface area contributed by atoms with Gasteiger partial charge in [0, 0.05) is 24.2 Å². The first-order valence-electron chi connectivity index (χ1n) is 5.00. The van der Waals surface area contributed by atoms with Crippen molar-refractivity contribution in [1.29, 1.82) is 0 Å². The third kappa shape index (κ3) is 5.64. The van der Waals surface area contributed by atoms with Crippen LogP contribution in [-0.2, 0) is 6.54 Å². The minimum absolute atomic E-state index is 0. The van der Waals surface area contributed by atoms with Gasteiger partial charge in [0.15, 0.2) is 5.96 Å². The number of halogens is 1. The molecule has 6 heteroatoms. The zero-order valence-corrected chi connectivity index (χ0v) is 13.2. The average molecular weight is 354 g/mol. The fraction of sp³-hybridized carbons (Fsp3) is 0.600. The maximum atomic E-state index is 4.37. The van der Waals surface area contributed by atoms with Gasteiger partial charge in [-0.2, -0.15) is 0 Å². The van der Waals surface area contributed by atoms with Crippen LogP contribution in [0.1, 0.15) is 24.5 Å². The Bertz CT molecular complexity index is 335. The van der Waals surface area contributed by atoms with Crippen LogP contribution in [0.5, 0.6) is 0 Å². The first-order chi connectivity index (χ1) is 7.11. The number of guanidine groups is 1. The van der Waals surface area contributed by atoms with Gasteiger partial charge in [0.1, 0.15) is 5.01 Å². The molecule has 0 aliphatic carbocycles. The van der Waals surface area contributed by atoms with Gasteiger partial charge in [-0.05, 0) is 20.8 Å². The van der Waals surface area contributed by atoms with E-state index in [1.807, 2.05) is 6.92 Å². The van der Waals surface area contributed by atoms with Gasteiger partial charge in [0.05, 0.1) is 6.54 Å². The second kappa shape index (κ2) is 7.83. The van der Waals surface area contributed by atoms with Gasteiger partial charge in [-0.15, -0.1) is 35.3 Å². The summed E-state index contributed by atoms with van der Waals surface area (Å²) in [6.45, 7) is 6.90. The smallest absolute Gasteiger partial charge is 0.191 e. The highest BCUT2D eigenvalue weighted by molar-refractivity contribution is 14.0. The van der Waals surface area contributed by atoms with E-state index < -0.39 is 0 Å². The number of hydrogen-bond donors (Lipinski definition) is 2. The van der Waals surface area contributed by atoms with E-state index in [0.717, 1.165) is 23.2 Å². The highest BCUT2D eigenvalue weighted by atomic mass is 127. The number of aromatic nitrogens is 1. The molecular weight excluding hydrogens is 335 g/mol. The fourth-order valence-corrected chi connectivity index (χ4v) is 1.82. The van der Waals surface area contributed by atoms with Crippen LogP contribution in [0.3, 0.4) is 0 Å². The summed E-state index contributed by atoms with van der Waals surface area (Å²) in [5.41, 5.74) is 1.07. The Morgan fingerprint density at radius 1 is 1.56 bits per heavy atom. The number of nitrogens with zero attached hydrogens (tertiary/aromatic N) is 2. The van der Waals surface area contributed by atoms with Crippen LogP contribution >= 0.6 is 35.3 Å². The van der Waals surface area contributed by atoms with Crippen molar-refractivity contribution in [3.8, 4) is 0 Å². The number of aliphatic imine (C=N–C) groups is 1. The van der Waals surface area contributed by atoms with Crippen LogP contribution in [0.4, 0.5) is 0 Å². The second-order valence-corrected chi connectivity index (χ2v) is 4.55. The van der Waals surface area contributed by atoms with Crippen LogP contribution in [0.15, 0.2) is 10.4 Å². The molecule has 92 valence electrons. The van der Waals surface area contributed by atoms with Gasteiger partial charge >= 0.3 is 0 Å². The predicted octanol–water partition coefficient (Wildman–Crippen LogP) is 2.14. The van der Waals surface area contributed by atoms with Gasteiger partial charge in [0.2, 0.25) is 0 Å². The summed E-state index contributed by atoms with van der Waals surface area (Å²) in [6.07, 6.45) is 0. The van der Waals surface area contributed by atoms with Crippen LogP contribution < -0.4 is 10.6 Å². The molecule has 1 aromatic rings. The molecule has 0 spiro atoms. The van der Waals surface area contributed by atoms with E-state index in [9.17, 15) is 0 Å². The molecule has 0 saturated carbocycles. The predicted molar refractivity (Wildman–Crippen MR) is 80.7 cm³/mol. The lowest BCUT2D eigenvalue weighted by molar-refractivity contribution is 0.698. The summed E-state index contributed by atoms with van der Waals surface area (Å²) in [4.78, 5) is 8.49. The normalized spacial score (nSPS) is 11.2. The van der Waals surface area contributed by atoms with E-state index in [2.05, 4.69) is 39.8 Å². The average Bonchev–Trinajstić information content (AvgIpc) is 2.58. The van der Waals surface area contributed by atoms with Crippen LogP contribution in [0, 0.1) is 6.92 Å². The maximum Gasteiger partial charge on any atom is 0.191 e. The van der Waals surface area contributed by atoms with Crippen LogP contribution in [-0.4, -0.2) is 24.0 Å². The van der Waals surface area contributed by atoms with Crippen molar-refractivity contribution in [2.45, 2.75) is 33.4 Å². The molecule has 0 amide bonds. The van der Waals surface area contributed by atoms with Crippen molar-refractivity contribution in [3.63, 3.8) is 0 Å². The Labute approximate surface area is 118 Å². The monoisotopic (exact) mass is 354 g/mol. The van der Waals surface area contributed by atoms with Gasteiger partial charge in [-0.25, -0.2) is 4.98 Å². The summed E-state index contributed by atoms with van der Waals surface area (Å²) in [7, 11) is 1.77. The third-order valence-electron chi connectivity index (χ3n) is 1.72. The molecule has 0 bridgehead atoms. The molecule has 0 saturated heterocycles. The summed E-state index contributed by atoms with van der Waals surface area (Å²) < 4.78 is 0. The van der Waals surface area contributed by atoms with Crippen molar-refractivity contribution in [2.24, 2.45) is 4.99 Å². The fourth-order valence-electron chi connectivity index (χ4n) is 1.11. The number of thiazole rings is 1. The molecule has 0 aliphatic rings. The number of nitrogens with one attached hydrogen (secondary N) is 2. The second-order valence-electron chi connectivity index (χ2n) is 3.61. The molecule has 0 atom stereocenters. The van der Waals surface area contributed by atoms with E-state index in [-0.39, 0.29) is 24.0 Å². The summed E-state index contributed by atoms with van der Waals surface area (Å²) in [6, 6.07) is 0.384. The standard InChI is InChI=1S/C10H18N4S.HI/c1-7(2)13-10(11-4)12-5-9-14-8(3)6-15-9;/h6-7H,5H2,1-4H3,(H2,11,12,13);1H. The number of hydrogen-bond acceptors (Lipinski definition) is 3. The summed E-state index contributed by atoms with van der Waals surface area (Å²) >= 11 is 1.66. The van der Waals surface area contributed by atoms with Crippen molar-refractivity contribution < 1.29 is 0 Å². The van der Waals surface area contributed by atoms with Gasteiger partial charge in [-0.1, -0.05) is 0 Å². The van der Waals surface area contributed by atoms with Crippen molar-refractivity contribution in [3.05, 3.63) is 16.1 Å². The molecule has 1 rings (SSSR count). The lowest BCUT2D eigenvalue weighted by atomic mass is 10.4. The largest absolute Gasteiger partial charge is 0.354 e. The van der Waals surface area contributed by atoms with Crippen molar-refractivity contribution in [2.75, 3.05) is 7.05 Å². The molecule has 0 fully saturated rings. The zero-order chi connectivity index (χ0) is 11.3. The van der Waals surface area contributed by atoms with Gasteiger partial charge in [-0.3, -0.25) is 4.99 Å². The molecule has 16 heavy (non-hydrogen) atoms. The minimum atomic E-state index is 0. The zero-order valence-electron chi connectivity index (χ0n) is 10.1. The molecule has 0 aliphatic heterocycles. The van der Waals surface area contributed by atoms with E-state index in [0.29, 0.717) is 6.04 Å². The molecule has 0 aromatic carbocycles. The third-order valence-corrected chi connectivity index (χ3v) is 2.69. The minimum Gasteiger partial charge on any atom is -0.354 e. The molecule has 1 heterocycles. The maximum absolute atomic E-state index is 4.37. The first kappa shape index (κ1) is 15.6. The van der Waals surface area contributed by atoms with Gasteiger partial charge in [0.25, 0.3) is 0 Å². The molecule has 1 aromatic heterocycles. The first-order valence-corrected chi connectivity index (χ1v) is 5.88. The lowest BCUT2D eigenvalue weighted by Gasteiger charge is -2.13. The lowest BCUT2D eigenvalue weighted by Crippen LogP contribution is -2.40. The van der Waals surface area contributed by atoms with E-state index >= 15 is 0 Å².